The molecule has 2 heterocycles. The van der Waals surface area contributed by atoms with Crippen molar-refractivity contribution in [2.75, 3.05) is 0 Å². The van der Waals surface area contributed by atoms with Gasteiger partial charge in [-0.05, 0) is 47.7 Å². The smallest absolute Gasteiger partial charge is 0.258 e. The average Bonchev–Trinajstić information content (AvgIpc) is 3.03. The van der Waals surface area contributed by atoms with E-state index < -0.39 is 0 Å². The Morgan fingerprint density at radius 1 is 1.16 bits per heavy atom. The molecule has 0 saturated heterocycles. The third-order valence-corrected chi connectivity index (χ3v) is 3.80. The van der Waals surface area contributed by atoms with Gasteiger partial charge < -0.3 is 4.98 Å². The van der Waals surface area contributed by atoms with Crippen molar-refractivity contribution in [2.24, 2.45) is 0 Å². The first kappa shape index (κ1) is 15.4. The molecule has 9 heteroatoms. The fraction of sp³-hybridized carbons (Fsp3) is 0.0625. The molecular weight excluding hydrogens is 347 g/mol. The largest absolute Gasteiger partial charge is 0.308 e. The average molecular weight is 357 g/mol. The molecule has 7 nitrogen and oxygen atoms in total. The van der Waals surface area contributed by atoms with Gasteiger partial charge in [-0.15, -0.1) is 10.2 Å². The van der Waals surface area contributed by atoms with Gasteiger partial charge in [0.05, 0.1) is 10.9 Å². The lowest BCUT2D eigenvalue weighted by Crippen LogP contribution is -2.15. The maximum atomic E-state index is 13.0. The molecular formula is C16H10ClFN6O. The van der Waals surface area contributed by atoms with E-state index in [1.165, 1.54) is 16.9 Å². The summed E-state index contributed by atoms with van der Waals surface area (Å²) in [6, 6.07) is 10.6. The van der Waals surface area contributed by atoms with Crippen LogP contribution in [0.15, 0.2) is 47.3 Å². The number of fused-ring (bicyclic) bond motifs is 1. The Morgan fingerprint density at radius 3 is 2.76 bits per heavy atom. The number of aromatic nitrogens is 6. The summed E-state index contributed by atoms with van der Waals surface area (Å²) >= 11 is 5.95. The Bertz CT molecular complexity index is 1120. The normalized spacial score (nSPS) is 11.1. The van der Waals surface area contributed by atoms with Crippen molar-refractivity contribution in [1.82, 2.24) is 30.2 Å². The number of nitrogens with one attached hydrogen (secondary N) is 1. The maximum Gasteiger partial charge on any atom is 0.258 e. The van der Waals surface area contributed by atoms with Crippen molar-refractivity contribution >= 4 is 22.5 Å². The van der Waals surface area contributed by atoms with Crippen molar-refractivity contribution in [3.05, 3.63) is 69.5 Å². The Kier molecular flexibility index (Phi) is 3.73. The monoisotopic (exact) mass is 356 g/mol. The lowest BCUT2D eigenvalue weighted by Gasteiger charge is -2.02. The Labute approximate surface area is 145 Å². The predicted octanol–water partition coefficient (Wildman–Crippen LogP) is 2.42. The van der Waals surface area contributed by atoms with Gasteiger partial charge in [-0.3, -0.25) is 4.79 Å². The molecule has 0 radical (unpaired) electrons. The lowest BCUT2D eigenvalue weighted by atomic mass is 10.2. The molecule has 4 rings (SSSR count). The van der Waals surface area contributed by atoms with Gasteiger partial charge in [0, 0.05) is 10.6 Å². The van der Waals surface area contributed by atoms with Gasteiger partial charge in [0.2, 0.25) is 5.82 Å². The molecule has 124 valence electrons. The summed E-state index contributed by atoms with van der Waals surface area (Å²) in [4.78, 5) is 20.5. The van der Waals surface area contributed by atoms with Crippen LogP contribution in [0.4, 0.5) is 4.39 Å². The van der Waals surface area contributed by atoms with E-state index in [0.29, 0.717) is 33.1 Å². The van der Waals surface area contributed by atoms with Gasteiger partial charge in [0.25, 0.3) is 5.56 Å². The van der Waals surface area contributed by atoms with Crippen molar-refractivity contribution in [1.29, 1.82) is 0 Å². The lowest BCUT2D eigenvalue weighted by molar-refractivity contribution is 0.555. The number of rotatable bonds is 3. The summed E-state index contributed by atoms with van der Waals surface area (Å²) in [5.74, 6) is 0.391. The Balaban J connectivity index is 1.65. The van der Waals surface area contributed by atoms with Crippen LogP contribution in [0, 0.1) is 5.82 Å². The summed E-state index contributed by atoms with van der Waals surface area (Å²) in [5, 5.41) is 13.0. The van der Waals surface area contributed by atoms with Crippen LogP contribution in [0.25, 0.3) is 22.3 Å². The van der Waals surface area contributed by atoms with E-state index in [0.717, 1.165) is 0 Å². The third-order valence-electron chi connectivity index (χ3n) is 3.56. The molecule has 0 aliphatic rings. The van der Waals surface area contributed by atoms with Gasteiger partial charge in [0.15, 0.2) is 0 Å². The molecule has 0 aliphatic carbocycles. The quantitative estimate of drug-likeness (QED) is 0.609. The minimum atomic E-state index is -0.340. The zero-order chi connectivity index (χ0) is 17.4. The SMILES string of the molecule is O=c1[nH]c(Cn2nnc(-c3ccc(F)cc3)n2)nc2cc(Cl)ccc12. The highest BCUT2D eigenvalue weighted by molar-refractivity contribution is 6.31. The number of aromatic amines is 1. The minimum absolute atomic E-state index is 0.131. The van der Waals surface area contributed by atoms with Crippen molar-refractivity contribution in [2.45, 2.75) is 6.54 Å². The van der Waals surface area contributed by atoms with Crippen LogP contribution in [0.2, 0.25) is 5.02 Å². The first-order valence-corrected chi connectivity index (χ1v) is 7.68. The topological polar surface area (TPSA) is 89.4 Å². The molecule has 0 fully saturated rings. The highest BCUT2D eigenvalue weighted by Gasteiger charge is 2.09. The zero-order valence-electron chi connectivity index (χ0n) is 12.6. The second kappa shape index (κ2) is 6.06. The fourth-order valence-electron chi connectivity index (χ4n) is 2.39. The van der Waals surface area contributed by atoms with E-state index in [9.17, 15) is 9.18 Å². The third kappa shape index (κ3) is 3.11. The molecule has 2 aromatic carbocycles. The number of hydrogen-bond acceptors (Lipinski definition) is 5. The second-order valence-electron chi connectivity index (χ2n) is 5.32. The Morgan fingerprint density at radius 2 is 1.96 bits per heavy atom. The first-order valence-electron chi connectivity index (χ1n) is 7.31. The van der Waals surface area contributed by atoms with Gasteiger partial charge in [-0.2, -0.15) is 4.80 Å². The second-order valence-corrected chi connectivity index (χ2v) is 5.76. The molecule has 0 atom stereocenters. The zero-order valence-corrected chi connectivity index (χ0v) is 13.4. The Hall–Kier alpha value is -3.13. The van der Waals surface area contributed by atoms with Crippen LogP contribution < -0.4 is 5.56 Å². The number of H-pyrrole nitrogens is 1. The molecule has 4 aromatic rings. The molecule has 2 aromatic heterocycles. The van der Waals surface area contributed by atoms with Crippen molar-refractivity contribution < 1.29 is 4.39 Å². The van der Waals surface area contributed by atoms with Crippen molar-refractivity contribution in [3.8, 4) is 11.4 Å². The first-order chi connectivity index (χ1) is 12.1. The molecule has 0 aliphatic heterocycles. The molecule has 0 amide bonds. The van der Waals surface area contributed by atoms with E-state index in [1.54, 1.807) is 30.3 Å². The standard InChI is InChI=1S/C16H10ClFN6O/c17-10-3-6-12-13(7-10)19-14(20-16(12)25)8-24-22-15(21-23-24)9-1-4-11(18)5-2-9/h1-7H,8H2,(H,19,20,25). The number of benzene rings is 2. The van der Waals surface area contributed by atoms with Crippen LogP contribution in [0.1, 0.15) is 5.82 Å². The highest BCUT2D eigenvalue weighted by Crippen LogP contribution is 2.15. The molecule has 0 bridgehead atoms. The molecule has 1 N–H and O–H groups in total. The summed E-state index contributed by atoms with van der Waals surface area (Å²) in [5.41, 5.74) is 0.861. The van der Waals surface area contributed by atoms with E-state index in [4.69, 9.17) is 11.6 Å². The molecule has 25 heavy (non-hydrogen) atoms. The summed E-state index contributed by atoms with van der Waals surface area (Å²) < 4.78 is 13.0. The summed E-state index contributed by atoms with van der Waals surface area (Å²) in [7, 11) is 0. The number of tetrazole rings is 1. The molecule has 0 unspecified atom stereocenters. The molecule has 0 spiro atoms. The molecule has 0 saturated carbocycles. The number of halogens is 2. The van der Waals surface area contributed by atoms with Gasteiger partial charge in [-0.1, -0.05) is 11.6 Å². The predicted molar refractivity (Wildman–Crippen MR) is 89.7 cm³/mol. The minimum Gasteiger partial charge on any atom is -0.308 e. The van der Waals surface area contributed by atoms with Crippen LogP contribution >= 0.6 is 11.6 Å². The van der Waals surface area contributed by atoms with Crippen LogP contribution in [-0.4, -0.2) is 30.2 Å². The van der Waals surface area contributed by atoms with Crippen LogP contribution in [0.5, 0.6) is 0 Å². The van der Waals surface area contributed by atoms with Gasteiger partial charge in [0.1, 0.15) is 18.2 Å². The number of hydrogen-bond donors (Lipinski definition) is 1. The van der Waals surface area contributed by atoms with Crippen LogP contribution in [-0.2, 0) is 6.54 Å². The van der Waals surface area contributed by atoms with Gasteiger partial charge in [-0.25, -0.2) is 9.37 Å². The van der Waals surface area contributed by atoms with E-state index >= 15 is 0 Å². The fourth-order valence-corrected chi connectivity index (χ4v) is 2.56. The highest BCUT2D eigenvalue weighted by atomic mass is 35.5. The van der Waals surface area contributed by atoms with Gasteiger partial charge >= 0.3 is 0 Å². The van der Waals surface area contributed by atoms with Crippen LogP contribution in [0.3, 0.4) is 0 Å². The van der Waals surface area contributed by atoms with Crippen molar-refractivity contribution in [3.63, 3.8) is 0 Å². The van der Waals surface area contributed by atoms with E-state index in [1.807, 2.05) is 0 Å². The summed E-state index contributed by atoms with van der Waals surface area (Å²) in [6.45, 7) is 0.131. The van der Waals surface area contributed by atoms with E-state index in [2.05, 4.69) is 25.4 Å². The number of nitrogens with zero attached hydrogens (tertiary/aromatic N) is 5. The summed E-state index contributed by atoms with van der Waals surface area (Å²) in [6.07, 6.45) is 0. The maximum absolute atomic E-state index is 13.0. The van der Waals surface area contributed by atoms with E-state index in [-0.39, 0.29) is 17.9 Å².